The molecule has 0 aromatic carbocycles. The fourth-order valence-electron chi connectivity index (χ4n) is 1.02. The van der Waals surface area contributed by atoms with Gasteiger partial charge in [0.1, 0.15) is 0 Å². The minimum atomic E-state index is -1.93. The molecule has 0 fully saturated rings. The number of aliphatic hydroxyl groups excluding tert-OH is 1. The van der Waals surface area contributed by atoms with E-state index in [4.69, 9.17) is 0 Å². The van der Waals surface area contributed by atoms with Crippen LogP contribution in [0.2, 0.25) is 14.8 Å². The van der Waals surface area contributed by atoms with Crippen LogP contribution in [-0.2, 0) is 0 Å². The van der Waals surface area contributed by atoms with Gasteiger partial charge in [-0.25, -0.2) is 0 Å². The molecule has 2 heteroatoms. The Morgan fingerprint density at radius 2 is 1.73 bits per heavy atom. The SMILES string of the molecule is CCCCC[CH](O)[Sn]([CH3])([CH3])[CH3]. The van der Waals surface area contributed by atoms with Crippen molar-refractivity contribution in [3.05, 3.63) is 0 Å². The first-order chi connectivity index (χ1) is 4.98. The van der Waals surface area contributed by atoms with Gasteiger partial charge in [0.05, 0.1) is 0 Å². The first kappa shape index (κ1) is 11.8. The summed E-state index contributed by atoms with van der Waals surface area (Å²) in [7, 11) is 0. The summed E-state index contributed by atoms with van der Waals surface area (Å²) < 4.78 is 0.0795. The summed E-state index contributed by atoms with van der Waals surface area (Å²) in [5.41, 5.74) is 0. The molecule has 0 rings (SSSR count). The van der Waals surface area contributed by atoms with Crippen molar-refractivity contribution in [3.8, 4) is 0 Å². The van der Waals surface area contributed by atoms with Gasteiger partial charge in [0.15, 0.2) is 0 Å². The molecule has 0 aliphatic carbocycles. The van der Waals surface area contributed by atoms with Crippen LogP contribution in [0.1, 0.15) is 32.6 Å². The van der Waals surface area contributed by atoms with E-state index in [0.29, 0.717) is 0 Å². The molecule has 68 valence electrons. The predicted octanol–water partition coefficient (Wildman–Crippen LogP) is 2.81. The van der Waals surface area contributed by atoms with E-state index >= 15 is 0 Å². The average molecular weight is 265 g/mol. The zero-order valence-corrected chi connectivity index (χ0v) is 11.2. The topological polar surface area (TPSA) is 20.2 Å². The van der Waals surface area contributed by atoms with Gasteiger partial charge in [0.25, 0.3) is 0 Å². The van der Waals surface area contributed by atoms with Crippen LogP contribution in [0.15, 0.2) is 0 Å². The molecule has 11 heavy (non-hydrogen) atoms. The molecule has 1 atom stereocenters. The van der Waals surface area contributed by atoms with Gasteiger partial charge in [-0.1, -0.05) is 0 Å². The standard InChI is InChI=1S/C6H13O.3CH3.Sn/c1-2-3-4-5-6-7;;;;/h6-7H,2-5H2,1H3;3*1H3;. The molecule has 0 aromatic heterocycles. The van der Waals surface area contributed by atoms with Gasteiger partial charge >= 0.3 is 75.0 Å². The third-order valence-corrected chi connectivity index (χ3v) is 8.61. The van der Waals surface area contributed by atoms with E-state index in [2.05, 4.69) is 21.7 Å². The molecule has 0 aliphatic heterocycles. The van der Waals surface area contributed by atoms with E-state index in [9.17, 15) is 5.11 Å². The Morgan fingerprint density at radius 3 is 2.09 bits per heavy atom. The Balaban J connectivity index is 3.44. The van der Waals surface area contributed by atoms with Crippen molar-refractivity contribution in [2.24, 2.45) is 0 Å². The first-order valence-electron chi connectivity index (χ1n) is 4.66. The number of aliphatic hydroxyl groups is 1. The summed E-state index contributed by atoms with van der Waals surface area (Å²) in [6.07, 6.45) is 4.80. The summed E-state index contributed by atoms with van der Waals surface area (Å²) >= 11 is -1.93. The Labute approximate surface area is 75.1 Å². The summed E-state index contributed by atoms with van der Waals surface area (Å²) in [6.45, 7) is 2.20. The molecule has 0 saturated heterocycles. The van der Waals surface area contributed by atoms with E-state index in [0.717, 1.165) is 6.42 Å². The monoisotopic (exact) mass is 266 g/mol. The number of unbranched alkanes of at least 4 members (excludes halogenated alkanes) is 2. The molecular weight excluding hydrogens is 243 g/mol. The van der Waals surface area contributed by atoms with Crippen molar-refractivity contribution in [2.75, 3.05) is 0 Å². The van der Waals surface area contributed by atoms with Crippen LogP contribution in [0.4, 0.5) is 0 Å². The maximum atomic E-state index is 9.71. The van der Waals surface area contributed by atoms with Crippen molar-refractivity contribution in [1.82, 2.24) is 0 Å². The van der Waals surface area contributed by atoms with Crippen molar-refractivity contribution >= 4 is 18.4 Å². The minimum absolute atomic E-state index is 0.0795. The summed E-state index contributed by atoms with van der Waals surface area (Å²) in [5.74, 6) is 0. The molecule has 0 spiro atoms. The van der Waals surface area contributed by atoms with Crippen LogP contribution < -0.4 is 0 Å². The average Bonchev–Trinajstić information content (AvgIpc) is 1.86. The third-order valence-electron chi connectivity index (χ3n) is 2.08. The molecule has 0 heterocycles. The van der Waals surface area contributed by atoms with Crippen LogP contribution in [0.3, 0.4) is 0 Å². The van der Waals surface area contributed by atoms with E-state index in [1.807, 2.05) is 0 Å². The van der Waals surface area contributed by atoms with Gasteiger partial charge in [0.2, 0.25) is 0 Å². The van der Waals surface area contributed by atoms with Gasteiger partial charge in [-0.3, -0.25) is 0 Å². The van der Waals surface area contributed by atoms with Crippen molar-refractivity contribution < 1.29 is 5.11 Å². The molecule has 1 nitrogen and oxygen atoms in total. The van der Waals surface area contributed by atoms with Gasteiger partial charge in [-0.2, -0.15) is 0 Å². The number of hydrogen-bond acceptors (Lipinski definition) is 1. The summed E-state index contributed by atoms with van der Waals surface area (Å²) in [6, 6.07) is 0. The number of hydrogen-bond donors (Lipinski definition) is 1. The molecule has 0 amide bonds. The molecular formula is C9H22OSn. The van der Waals surface area contributed by atoms with Gasteiger partial charge in [0, 0.05) is 0 Å². The quantitative estimate of drug-likeness (QED) is 0.598. The third kappa shape index (κ3) is 5.97. The fraction of sp³-hybridized carbons (Fsp3) is 1.00. The van der Waals surface area contributed by atoms with Crippen LogP contribution in [0, 0.1) is 0 Å². The summed E-state index contributed by atoms with van der Waals surface area (Å²) in [5, 5.41) is 9.71. The van der Waals surface area contributed by atoms with Crippen LogP contribution >= 0.6 is 0 Å². The Bertz CT molecular complexity index is 96.2. The van der Waals surface area contributed by atoms with E-state index < -0.39 is 18.4 Å². The molecule has 0 bridgehead atoms. The first-order valence-corrected chi connectivity index (χ1v) is 14.9. The molecule has 0 aromatic rings. The molecule has 0 saturated carbocycles. The van der Waals surface area contributed by atoms with Gasteiger partial charge in [-0.05, 0) is 0 Å². The van der Waals surface area contributed by atoms with Crippen molar-refractivity contribution in [3.63, 3.8) is 0 Å². The van der Waals surface area contributed by atoms with Crippen molar-refractivity contribution in [1.29, 1.82) is 0 Å². The zero-order chi connectivity index (χ0) is 8.91. The maximum absolute atomic E-state index is 9.71. The Morgan fingerprint density at radius 1 is 1.18 bits per heavy atom. The molecule has 1 unspecified atom stereocenters. The van der Waals surface area contributed by atoms with Crippen LogP contribution in [0.25, 0.3) is 0 Å². The van der Waals surface area contributed by atoms with E-state index in [1.54, 1.807) is 0 Å². The second kappa shape index (κ2) is 5.41. The second-order valence-electron chi connectivity index (χ2n) is 4.38. The van der Waals surface area contributed by atoms with E-state index in [1.165, 1.54) is 19.3 Å². The van der Waals surface area contributed by atoms with Crippen molar-refractivity contribution in [2.45, 2.75) is 51.5 Å². The van der Waals surface area contributed by atoms with Gasteiger partial charge < -0.3 is 0 Å². The Hall–Kier alpha value is 0.759. The Kier molecular flexibility index (Phi) is 5.79. The van der Waals surface area contributed by atoms with Crippen LogP contribution in [-0.4, -0.2) is 27.6 Å². The van der Waals surface area contributed by atoms with Gasteiger partial charge in [-0.15, -0.1) is 0 Å². The zero-order valence-electron chi connectivity index (χ0n) is 8.35. The number of rotatable bonds is 5. The molecule has 1 N–H and O–H groups in total. The molecule has 0 radical (unpaired) electrons. The van der Waals surface area contributed by atoms with E-state index in [-0.39, 0.29) is 4.12 Å². The fourth-order valence-corrected chi connectivity index (χ4v) is 4.08. The predicted molar refractivity (Wildman–Crippen MR) is 53.5 cm³/mol. The molecule has 0 aliphatic rings. The second-order valence-corrected chi connectivity index (χ2v) is 19.8. The normalized spacial score (nSPS) is 15.0. The van der Waals surface area contributed by atoms with Crippen LogP contribution in [0.5, 0.6) is 0 Å². The summed E-state index contributed by atoms with van der Waals surface area (Å²) in [4.78, 5) is 6.89.